The fourth-order valence-corrected chi connectivity index (χ4v) is 5.87. The van der Waals surface area contributed by atoms with Gasteiger partial charge in [-0.1, -0.05) is 0 Å². The number of ether oxygens (including phenoxy) is 1. The Morgan fingerprint density at radius 1 is 1.14 bits per heavy atom. The number of hydrogen-bond acceptors (Lipinski definition) is 7. The average Bonchev–Trinajstić information content (AvgIpc) is 3.22. The predicted molar refractivity (Wildman–Crippen MR) is 136 cm³/mol. The van der Waals surface area contributed by atoms with E-state index in [1.807, 2.05) is 0 Å². The molecular weight excluding hydrogens is 470 g/mol. The molecule has 0 saturated carbocycles. The van der Waals surface area contributed by atoms with Crippen molar-refractivity contribution >= 4 is 21.8 Å². The van der Waals surface area contributed by atoms with E-state index in [0.29, 0.717) is 29.3 Å². The molecular formula is C24H41N5O5S. The monoisotopic (exact) mass is 511 g/mol. The number of sulfonamides is 1. The molecule has 35 heavy (non-hydrogen) atoms. The zero-order valence-electron chi connectivity index (χ0n) is 22.1. The maximum atomic E-state index is 13.1. The summed E-state index contributed by atoms with van der Waals surface area (Å²) in [4.78, 5) is 31.3. The van der Waals surface area contributed by atoms with Crippen molar-refractivity contribution in [3.8, 4) is 5.75 Å². The third-order valence-corrected chi connectivity index (χ3v) is 8.44. The first-order chi connectivity index (χ1) is 16.3. The van der Waals surface area contributed by atoms with E-state index >= 15 is 0 Å². The van der Waals surface area contributed by atoms with Crippen molar-refractivity contribution in [1.82, 2.24) is 24.3 Å². The number of carbonyl (C=O) groups excluding carboxylic acids is 2. The van der Waals surface area contributed by atoms with Crippen molar-refractivity contribution in [1.29, 1.82) is 0 Å². The lowest BCUT2D eigenvalue weighted by Crippen LogP contribution is -2.44. The van der Waals surface area contributed by atoms with Gasteiger partial charge in [-0.15, -0.1) is 0 Å². The van der Waals surface area contributed by atoms with Gasteiger partial charge in [0, 0.05) is 40.3 Å². The van der Waals surface area contributed by atoms with Gasteiger partial charge in [0.2, 0.25) is 21.8 Å². The number of aryl methyl sites for hydroxylation is 2. The molecule has 1 unspecified atom stereocenters. The highest BCUT2D eigenvalue weighted by Crippen LogP contribution is 2.27. The molecule has 0 aromatic heterocycles. The van der Waals surface area contributed by atoms with E-state index in [2.05, 4.69) is 29.2 Å². The van der Waals surface area contributed by atoms with Crippen LogP contribution in [0.15, 0.2) is 17.0 Å². The minimum Gasteiger partial charge on any atom is -0.497 e. The summed E-state index contributed by atoms with van der Waals surface area (Å²) in [6.07, 6.45) is 1.05. The molecule has 1 saturated heterocycles. The lowest BCUT2D eigenvalue weighted by molar-refractivity contribution is -0.132. The third kappa shape index (κ3) is 8.16. The van der Waals surface area contributed by atoms with Crippen LogP contribution >= 0.6 is 0 Å². The number of likely N-dealkylation sites (N-methyl/N-ethyl adjacent to an activating group) is 3. The fourth-order valence-electron chi connectivity index (χ4n) is 4.34. The Hall–Kier alpha value is -2.21. The highest BCUT2D eigenvalue weighted by atomic mass is 32.2. The van der Waals surface area contributed by atoms with Crippen LogP contribution in [0.25, 0.3) is 0 Å². The van der Waals surface area contributed by atoms with Crippen LogP contribution in [0.3, 0.4) is 0 Å². The van der Waals surface area contributed by atoms with Crippen molar-refractivity contribution in [3.63, 3.8) is 0 Å². The number of carbonyl (C=O) groups is 2. The second-order valence-corrected chi connectivity index (χ2v) is 11.6. The van der Waals surface area contributed by atoms with Gasteiger partial charge in [0.05, 0.1) is 25.1 Å². The van der Waals surface area contributed by atoms with Crippen molar-refractivity contribution in [2.45, 2.75) is 25.2 Å². The molecule has 2 rings (SSSR count). The molecule has 2 amide bonds. The van der Waals surface area contributed by atoms with Gasteiger partial charge in [-0.2, -0.15) is 4.31 Å². The summed E-state index contributed by atoms with van der Waals surface area (Å²) in [5, 5.41) is 2.56. The number of benzene rings is 1. The van der Waals surface area contributed by atoms with Crippen molar-refractivity contribution in [3.05, 3.63) is 23.3 Å². The van der Waals surface area contributed by atoms with Gasteiger partial charge < -0.3 is 24.8 Å². The normalized spacial score (nSPS) is 16.7. The van der Waals surface area contributed by atoms with E-state index in [4.69, 9.17) is 4.74 Å². The topological polar surface area (TPSA) is 102 Å². The van der Waals surface area contributed by atoms with E-state index < -0.39 is 15.9 Å². The Balaban J connectivity index is 1.84. The fraction of sp³-hybridized carbons (Fsp3) is 0.667. The van der Waals surface area contributed by atoms with Crippen LogP contribution in [0, 0.1) is 19.8 Å². The smallest absolute Gasteiger partial charge is 0.243 e. The van der Waals surface area contributed by atoms with E-state index in [0.717, 1.165) is 36.9 Å². The standard InChI is InChI=1S/C24H41N5O5S/c1-18-12-21(34-7)13-19(2)24(18)35(32,33)28(6)17-22(30)25-14-23(31)27(5)15-20-8-9-29(16-20)11-10-26(3)4/h12-13,20H,8-11,14-17H2,1-7H3,(H,25,30). The SMILES string of the molecule is COc1cc(C)c(S(=O)(=O)N(C)CC(=O)NCC(=O)N(C)CC2CCN(CCN(C)C)C2)c(C)c1. The number of amides is 2. The number of rotatable bonds is 12. The van der Waals surface area contributed by atoms with Gasteiger partial charge in [-0.25, -0.2) is 8.42 Å². The molecule has 0 aliphatic carbocycles. The summed E-state index contributed by atoms with van der Waals surface area (Å²) >= 11 is 0. The van der Waals surface area contributed by atoms with Crippen LogP contribution in [0.1, 0.15) is 17.5 Å². The summed E-state index contributed by atoms with van der Waals surface area (Å²) in [6.45, 7) is 7.49. The second kappa shape index (κ2) is 12.7. The van der Waals surface area contributed by atoms with Crippen molar-refractivity contribution < 1.29 is 22.7 Å². The largest absolute Gasteiger partial charge is 0.497 e. The summed E-state index contributed by atoms with van der Waals surface area (Å²) in [5.74, 6) is 0.254. The van der Waals surface area contributed by atoms with Gasteiger partial charge in [-0.05, 0) is 70.1 Å². The maximum absolute atomic E-state index is 13.1. The van der Waals surface area contributed by atoms with Gasteiger partial charge in [-0.3, -0.25) is 9.59 Å². The zero-order valence-corrected chi connectivity index (χ0v) is 22.9. The number of nitrogens with zero attached hydrogens (tertiary/aromatic N) is 4. The lowest BCUT2D eigenvalue weighted by atomic mass is 10.1. The molecule has 1 N–H and O–H groups in total. The van der Waals surface area contributed by atoms with E-state index in [-0.39, 0.29) is 23.9 Å². The van der Waals surface area contributed by atoms with E-state index in [1.54, 1.807) is 37.9 Å². The Labute approximate surface area is 210 Å². The molecule has 1 aliphatic rings. The highest BCUT2D eigenvalue weighted by molar-refractivity contribution is 7.89. The van der Waals surface area contributed by atoms with Crippen LogP contribution < -0.4 is 10.1 Å². The molecule has 0 spiro atoms. The summed E-state index contributed by atoms with van der Waals surface area (Å²) in [6, 6.07) is 3.29. The van der Waals surface area contributed by atoms with Crippen molar-refractivity contribution in [2.24, 2.45) is 5.92 Å². The molecule has 1 fully saturated rings. The molecule has 0 radical (unpaired) electrons. The minimum absolute atomic E-state index is 0.153. The van der Waals surface area contributed by atoms with E-state index in [1.165, 1.54) is 14.2 Å². The van der Waals surface area contributed by atoms with Crippen LogP contribution in [0.2, 0.25) is 0 Å². The lowest BCUT2D eigenvalue weighted by Gasteiger charge is -2.23. The molecule has 1 heterocycles. The van der Waals surface area contributed by atoms with Crippen LogP contribution in [0.5, 0.6) is 5.75 Å². The van der Waals surface area contributed by atoms with Gasteiger partial charge in [0.15, 0.2) is 0 Å². The molecule has 1 aromatic rings. The molecule has 10 nitrogen and oxygen atoms in total. The van der Waals surface area contributed by atoms with Crippen molar-refractivity contribution in [2.75, 3.05) is 81.1 Å². The Morgan fingerprint density at radius 3 is 2.34 bits per heavy atom. The first kappa shape index (κ1) is 29.0. The molecule has 1 aromatic carbocycles. The van der Waals surface area contributed by atoms with Gasteiger partial charge >= 0.3 is 0 Å². The quantitative estimate of drug-likeness (QED) is 0.433. The molecule has 0 bridgehead atoms. The summed E-state index contributed by atoms with van der Waals surface area (Å²) in [7, 11) is 4.84. The maximum Gasteiger partial charge on any atom is 0.243 e. The number of methoxy groups -OCH3 is 1. The summed E-state index contributed by atoms with van der Waals surface area (Å²) in [5.41, 5.74) is 1.08. The molecule has 1 aliphatic heterocycles. The van der Waals surface area contributed by atoms with Gasteiger partial charge in [0.25, 0.3) is 0 Å². The first-order valence-corrected chi connectivity index (χ1v) is 13.3. The third-order valence-electron chi connectivity index (χ3n) is 6.33. The number of likely N-dealkylation sites (tertiary alicyclic amines) is 1. The Bertz CT molecular complexity index is 975. The van der Waals surface area contributed by atoms with Crippen LogP contribution in [-0.2, 0) is 19.6 Å². The van der Waals surface area contributed by atoms with Gasteiger partial charge in [0.1, 0.15) is 5.75 Å². The highest BCUT2D eigenvalue weighted by Gasteiger charge is 2.28. The Kier molecular flexibility index (Phi) is 10.5. The first-order valence-electron chi connectivity index (χ1n) is 11.8. The minimum atomic E-state index is -3.89. The number of nitrogens with one attached hydrogen (secondary N) is 1. The number of hydrogen-bond donors (Lipinski definition) is 1. The molecule has 1 atom stereocenters. The predicted octanol–water partition coefficient (Wildman–Crippen LogP) is 0.391. The average molecular weight is 512 g/mol. The second-order valence-electron chi connectivity index (χ2n) is 9.66. The van der Waals surface area contributed by atoms with Crippen LogP contribution in [0.4, 0.5) is 0 Å². The molecule has 11 heteroatoms. The van der Waals surface area contributed by atoms with E-state index in [9.17, 15) is 18.0 Å². The summed E-state index contributed by atoms with van der Waals surface area (Å²) < 4.78 is 32.4. The Morgan fingerprint density at radius 2 is 1.77 bits per heavy atom. The zero-order chi connectivity index (χ0) is 26.3. The molecule has 198 valence electrons. The van der Waals surface area contributed by atoms with Crippen LogP contribution in [-0.4, -0.2) is 120 Å².